The molecule has 2 atom stereocenters. The fraction of sp³-hybridized carbons (Fsp3) is 0.286. The summed E-state index contributed by atoms with van der Waals surface area (Å²) in [6.07, 6.45) is 5.59. The molecule has 2 unspecified atom stereocenters. The highest BCUT2D eigenvalue weighted by Crippen LogP contribution is 2.43. The van der Waals surface area contributed by atoms with Gasteiger partial charge in [0, 0.05) is 37.6 Å². The number of para-hydroxylation sites is 2. The Morgan fingerprint density at radius 2 is 1.36 bits per heavy atom. The van der Waals surface area contributed by atoms with Crippen molar-refractivity contribution in [1.29, 1.82) is 0 Å². The molecule has 2 aliphatic rings. The van der Waals surface area contributed by atoms with Crippen LogP contribution in [0.4, 0.5) is 34.4 Å². The van der Waals surface area contributed by atoms with Crippen molar-refractivity contribution in [2.24, 2.45) is 24.8 Å². The highest BCUT2D eigenvalue weighted by molar-refractivity contribution is 5.99. The van der Waals surface area contributed by atoms with E-state index in [4.69, 9.17) is 19.3 Å². The Balaban J connectivity index is 0.842. The summed E-state index contributed by atoms with van der Waals surface area (Å²) in [4.78, 5) is 59.4. The van der Waals surface area contributed by atoms with E-state index in [1.807, 2.05) is 36.4 Å². The van der Waals surface area contributed by atoms with Crippen LogP contribution >= 0.6 is 0 Å². The molecule has 7 N–H and O–H groups in total. The highest BCUT2D eigenvalue weighted by atomic mass is 16.5. The minimum Gasteiger partial charge on any atom is -0.494 e. The molecular formula is C42H42N16O6. The van der Waals surface area contributed by atoms with Crippen LogP contribution in [-0.2, 0) is 29.8 Å². The van der Waals surface area contributed by atoms with Crippen molar-refractivity contribution < 1.29 is 28.9 Å². The Bertz CT molecular complexity index is 3080. The van der Waals surface area contributed by atoms with Crippen molar-refractivity contribution in [2.75, 3.05) is 42.6 Å². The Labute approximate surface area is 363 Å². The largest absolute Gasteiger partial charge is 0.494 e. The number of carbonyl (C=O) groups is 2. The quantitative estimate of drug-likeness (QED) is 0.0679. The van der Waals surface area contributed by atoms with E-state index in [2.05, 4.69) is 66.2 Å². The molecule has 0 aliphatic heterocycles. The van der Waals surface area contributed by atoms with Crippen LogP contribution < -0.4 is 35.5 Å². The number of amides is 2. The number of ether oxygens (including phenoxy) is 3. The van der Waals surface area contributed by atoms with Crippen molar-refractivity contribution in [3.8, 4) is 40.3 Å². The average Bonchev–Trinajstić information content (AvgIpc) is 4.04. The molecule has 2 amide bonds. The summed E-state index contributed by atoms with van der Waals surface area (Å²) in [5.41, 5.74) is 5.46. The predicted molar refractivity (Wildman–Crippen MR) is 233 cm³/mol. The zero-order chi connectivity index (χ0) is 44.1. The molecule has 2 saturated carbocycles. The molecule has 2 aliphatic carbocycles. The summed E-state index contributed by atoms with van der Waals surface area (Å²) in [6.45, 7) is 0.145. The van der Waals surface area contributed by atoms with Gasteiger partial charge in [0.25, 0.3) is 6.01 Å². The van der Waals surface area contributed by atoms with E-state index in [9.17, 15) is 14.7 Å². The first-order valence-electron chi connectivity index (χ1n) is 20.4. The van der Waals surface area contributed by atoms with Crippen LogP contribution in [0, 0.1) is 17.8 Å². The third-order valence-corrected chi connectivity index (χ3v) is 11.0. The molecular weight excluding hydrogens is 825 g/mol. The van der Waals surface area contributed by atoms with Gasteiger partial charge in [-0.1, -0.05) is 12.1 Å². The van der Waals surface area contributed by atoms with Gasteiger partial charge in [-0.05, 0) is 49.4 Å². The van der Waals surface area contributed by atoms with Gasteiger partial charge in [0.05, 0.1) is 55.2 Å². The molecule has 2 fully saturated rings. The second-order valence-corrected chi connectivity index (χ2v) is 15.5. The molecule has 64 heavy (non-hydrogen) atoms. The van der Waals surface area contributed by atoms with Crippen LogP contribution in [0.25, 0.3) is 45.1 Å². The van der Waals surface area contributed by atoms with E-state index in [0.717, 1.165) is 12.8 Å². The maximum absolute atomic E-state index is 13.7. The molecule has 0 spiro atoms. The molecule has 0 radical (unpaired) electrons. The number of carbonyl (C=O) groups excluding carboxylic acids is 2. The van der Waals surface area contributed by atoms with Crippen LogP contribution in [0.3, 0.4) is 0 Å². The minimum atomic E-state index is -0.313. The van der Waals surface area contributed by atoms with Gasteiger partial charge < -0.3 is 50.6 Å². The van der Waals surface area contributed by atoms with E-state index in [1.54, 1.807) is 55.4 Å². The standard InChI is InChI=1S/C42H42N16O6/c1-57-18-43-36(55-57)22-7-5-9-25(34(22)62-2)46-28-15-30(49-39-33(28)53-42(54-39)64-4)52-41(61)24-13-21(24)16-58-19-44-37(56-58)23-8-6-10-26(35(23)63-3)45-27-14-29(51-40(60)20-11-12-20)48-38-32(27)47-31(17-59)50-38/h5-10,14-15,18-21,24,59H,11-13,16-17H2,1-4H3,(H3,45,47,48,50,51,60)(H3,46,49,52,53,54,61). The number of aryl methyl sites for hydroxylation is 1. The number of aliphatic hydroxyl groups excluding tert-OH is 1. The molecule has 0 saturated heterocycles. The molecule has 6 heterocycles. The van der Waals surface area contributed by atoms with Crippen LogP contribution in [0.5, 0.6) is 17.5 Å². The third kappa shape index (κ3) is 7.80. The molecule has 326 valence electrons. The Morgan fingerprint density at radius 3 is 1.95 bits per heavy atom. The number of hydrogen-bond acceptors (Lipinski definition) is 16. The lowest BCUT2D eigenvalue weighted by Gasteiger charge is -2.15. The summed E-state index contributed by atoms with van der Waals surface area (Å²) in [5, 5.41) is 31.7. The van der Waals surface area contributed by atoms with Gasteiger partial charge in [-0.25, -0.2) is 24.9 Å². The van der Waals surface area contributed by atoms with Gasteiger partial charge in [0.2, 0.25) is 11.8 Å². The van der Waals surface area contributed by atoms with Gasteiger partial charge in [0.15, 0.2) is 34.4 Å². The first-order valence-corrected chi connectivity index (χ1v) is 20.4. The second kappa shape index (κ2) is 16.3. The zero-order valence-electron chi connectivity index (χ0n) is 35.0. The van der Waals surface area contributed by atoms with Gasteiger partial charge in [-0.3, -0.25) is 19.0 Å². The van der Waals surface area contributed by atoms with Gasteiger partial charge in [0.1, 0.15) is 47.8 Å². The van der Waals surface area contributed by atoms with Gasteiger partial charge >= 0.3 is 0 Å². The van der Waals surface area contributed by atoms with Crippen molar-refractivity contribution in [3.05, 3.63) is 67.0 Å². The minimum absolute atomic E-state index is 0.00498. The summed E-state index contributed by atoms with van der Waals surface area (Å²) in [6, 6.07) is 14.8. The third-order valence-electron chi connectivity index (χ3n) is 11.0. The number of aliphatic hydroxyl groups is 1. The fourth-order valence-corrected chi connectivity index (χ4v) is 7.62. The van der Waals surface area contributed by atoms with E-state index in [-0.39, 0.29) is 42.2 Å². The summed E-state index contributed by atoms with van der Waals surface area (Å²) in [5.74, 6) is 2.32. The van der Waals surface area contributed by atoms with Crippen LogP contribution in [0.15, 0.2) is 61.2 Å². The molecule has 2 aromatic carbocycles. The normalized spacial score (nSPS) is 15.6. The maximum Gasteiger partial charge on any atom is 0.295 e. The molecule has 10 rings (SSSR count). The number of hydrogen-bond donors (Lipinski definition) is 7. The lowest BCUT2D eigenvalue weighted by Crippen LogP contribution is -2.17. The fourth-order valence-electron chi connectivity index (χ4n) is 7.62. The Hall–Kier alpha value is -8.14. The molecule has 0 bridgehead atoms. The van der Waals surface area contributed by atoms with Crippen LogP contribution in [0.2, 0.25) is 0 Å². The van der Waals surface area contributed by atoms with Crippen LogP contribution in [-0.4, -0.2) is 97.7 Å². The van der Waals surface area contributed by atoms with Crippen molar-refractivity contribution >= 4 is 68.5 Å². The van der Waals surface area contributed by atoms with Crippen molar-refractivity contribution in [1.82, 2.24) is 59.4 Å². The number of nitrogens with zero attached hydrogens (tertiary/aromatic N) is 10. The second-order valence-electron chi connectivity index (χ2n) is 15.5. The van der Waals surface area contributed by atoms with Gasteiger partial charge in [-0.2, -0.15) is 15.2 Å². The van der Waals surface area contributed by atoms with Gasteiger partial charge in [-0.15, -0.1) is 0 Å². The predicted octanol–water partition coefficient (Wildman–Crippen LogP) is 4.91. The number of aromatic nitrogens is 12. The van der Waals surface area contributed by atoms with Crippen LogP contribution in [0.1, 0.15) is 25.1 Å². The lowest BCUT2D eigenvalue weighted by atomic mass is 10.1. The first kappa shape index (κ1) is 40.0. The number of benzene rings is 2. The van der Waals surface area contributed by atoms with E-state index in [0.29, 0.717) is 110 Å². The maximum atomic E-state index is 13.7. The SMILES string of the molecule is COc1nc2nc(NC(=O)C3CC3Cn3cnc(-c4cccc(Nc5cc(NC(=O)C6CC6)nc6nc(CO)[nH]c56)c4OC)n3)cc(Nc3cccc(-c4ncn(C)n4)c3OC)c2[nH]1. The van der Waals surface area contributed by atoms with E-state index in [1.165, 1.54) is 7.11 Å². The smallest absolute Gasteiger partial charge is 0.295 e. The number of fused-ring (bicyclic) bond motifs is 2. The summed E-state index contributed by atoms with van der Waals surface area (Å²) in [7, 11) is 6.43. The lowest BCUT2D eigenvalue weighted by molar-refractivity contribution is -0.118. The molecule has 22 heteroatoms. The number of imidazole rings is 2. The first-order chi connectivity index (χ1) is 31.2. The molecule has 6 aromatic heterocycles. The summed E-state index contributed by atoms with van der Waals surface area (Å²) < 4.78 is 20.4. The molecule has 22 nitrogen and oxygen atoms in total. The summed E-state index contributed by atoms with van der Waals surface area (Å²) >= 11 is 0. The monoisotopic (exact) mass is 866 g/mol. The topological polar surface area (TPSA) is 275 Å². The number of anilines is 6. The number of pyridine rings is 2. The number of methoxy groups -OCH3 is 3. The van der Waals surface area contributed by atoms with E-state index >= 15 is 0 Å². The zero-order valence-corrected chi connectivity index (χ0v) is 35.0. The number of rotatable bonds is 16. The Kier molecular flexibility index (Phi) is 10.2. The molecule has 8 aromatic rings. The van der Waals surface area contributed by atoms with Crippen molar-refractivity contribution in [2.45, 2.75) is 32.4 Å². The highest BCUT2D eigenvalue weighted by Gasteiger charge is 2.43. The average molecular weight is 867 g/mol. The number of H-pyrrole nitrogens is 2. The van der Waals surface area contributed by atoms with E-state index < -0.39 is 0 Å². The number of nitrogens with one attached hydrogen (secondary N) is 6. The van der Waals surface area contributed by atoms with Crippen molar-refractivity contribution in [3.63, 3.8) is 0 Å². The number of aromatic amines is 2. The Morgan fingerprint density at radius 1 is 0.750 bits per heavy atom.